The summed E-state index contributed by atoms with van der Waals surface area (Å²) in [5.41, 5.74) is 2.47. The number of hydrogen-bond acceptors (Lipinski definition) is 3. The molecule has 0 radical (unpaired) electrons. The molecule has 1 aromatic carbocycles. The molecule has 2 fully saturated rings. The van der Waals surface area contributed by atoms with Crippen molar-refractivity contribution in [2.24, 2.45) is 11.3 Å². The van der Waals surface area contributed by atoms with Crippen LogP contribution in [-0.4, -0.2) is 32.9 Å². The lowest BCUT2D eigenvalue weighted by molar-refractivity contribution is -0.159. The monoisotopic (exact) mass is 348 g/mol. The van der Waals surface area contributed by atoms with E-state index >= 15 is 0 Å². The second-order valence-electron chi connectivity index (χ2n) is 7.85. The smallest absolute Gasteiger partial charge is 0.414 e. The molecule has 2 saturated carbocycles. The van der Waals surface area contributed by atoms with Crippen molar-refractivity contribution < 1.29 is 24.9 Å². The van der Waals surface area contributed by atoms with Crippen molar-refractivity contribution in [2.45, 2.75) is 64.4 Å². The fraction of sp³-hybridized carbons (Fsp3) is 0.600. The number of aryl methyl sites for hydroxylation is 1. The Kier molecular flexibility index (Phi) is 5.57. The van der Waals surface area contributed by atoms with Gasteiger partial charge in [0, 0.05) is 0 Å². The van der Waals surface area contributed by atoms with Crippen LogP contribution in [0.25, 0.3) is 0 Å². The van der Waals surface area contributed by atoms with Crippen molar-refractivity contribution in [3.63, 3.8) is 0 Å². The lowest BCUT2D eigenvalue weighted by Gasteiger charge is -2.49. The lowest BCUT2D eigenvalue weighted by atomic mass is 9.59. The fourth-order valence-corrected chi connectivity index (χ4v) is 4.52. The van der Waals surface area contributed by atoms with Crippen LogP contribution in [0.15, 0.2) is 24.3 Å². The van der Waals surface area contributed by atoms with Crippen LogP contribution >= 0.6 is 0 Å². The minimum atomic E-state index is -1.82. The zero-order valence-corrected chi connectivity index (χ0v) is 15.2. The number of aliphatic hydroxyl groups is 1. The van der Waals surface area contributed by atoms with Crippen LogP contribution in [0.1, 0.15) is 63.0 Å². The number of benzene rings is 1. The largest absolute Gasteiger partial charge is 0.473 e. The van der Waals surface area contributed by atoms with Gasteiger partial charge in [-0.1, -0.05) is 43.7 Å². The minimum absolute atomic E-state index is 0.146. The molecule has 4 unspecified atom stereocenters. The molecule has 0 amide bonds. The van der Waals surface area contributed by atoms with E-state index in [-0.39, 0.29) is 5.41 Å². The van der Waals surface area contributed by atoms with Gasteiger partial charge in [-0.3, -0.25) is 0 Å². The van der Waals surface area contributed by atoms with Crippen LogP contribution in [0.2, 0.25) is 0 Å². The van der Waals surface area contributed by atoms with Crippen LogP contribution in [0.5, 0.6) is 0 Å². The average Bonchev–Trinajstić information content (AvgIpc) is 2.78. The average molecular weight is 348 g/mol. The van der Waals surface area contributed by atoms with E-state index in [4.69, 9.17) is 19.8 Å². The molecule has 1 aromatic rings. The summed E-state index contributed by atoms with van der Waals surface area (Å²) >= 11 is 0. The standard InChI is InChI=1S/C18H26O.C2H2O4/c1-13-5-4-6-15(11-13)16-8-9-17(3)14(2)7-10-18(17,19)12-16;3-1(4)2(5)6/h4-6,11,14,16,19H,7-10,12H2,1-3H3;(H,3,4)(H,5,6). The van der Waals surface area contributed by atoms with E-state index in [9.17, 15) is 5.11 Å². The predicted molar refractivity (Wildman–Crippen MR) is 94.5 cm³/mol. The third-order valence-corrected chi connectivity index (χ3v) is 6.43. The molecule has 0 heterocycles. The van der Waals surface area contributed by atoms with Gasteiger partial charge in [0.1, 0.15) is 0 Å². The molecule has 5 heteroatoms. The maximum atomic E-state index is 11.1. The van der Waals surface area contributed by atoms with Gasteiger partial charge in [-0.15, -0.1) is 0 Å². The van der Waals surface area contributed by atoms with Crippen molar-refractivity contribution >= 4 is 11.9 Å². The molecule has 4 atom stereocenters. The summed E-state index contributed by atoms with van der Waals surface area (Å²) in [6.07, 6.45) is 5.54. The Bertz CT molecular complexity index is 643. The van der Waals surface area contributed by atoms with Gasteiger partial charge in [0.05, 0.1) is 5.60 Å². The Morgan fingerprint density at radius 3 is 2.32 bits per heavy atom. The van der Waals surface area contributed by atoms with Crippen LogP contribution in [0.3, 0.4) is 0 Å². The maximum Gasteiger partial charge on any atom is 0.414 e. The number of hydrogen-bond donors (Lipinski definition) is 3. The Labute approximate surface area is 148 Å². The van der Waals surface area contributed by atoms with Gasteiger partial charge in [-0.05, 0) is 61.8 Å². The van der Waals surface area contributed by atoms with Crippen molar-refractivity contribution in [3.8, 4) is 0 Å². The van der Waals surface area contributed by atoms with Gasteiger partial charge < -0.3 is 15.3 Å². The zero-order chi connectivity index (χ0) is 18.8. The van der Waals surface area contributed by atoms with Crippen LogP contribution in [-0.2, 0) is 9.59 Å². The Morgan fingerprint density at radius 2 is 1.76 bits per heavy atom. The molecular formula is C20H28O5. The number of aliphatic carboxylic acids is 2. The summed E-state index contributed by atoms with van der Waals surface area (Å²) in [6, 6.07) is 8.85. The number of carboxylic acids is 2. The van der Waals surface area contributed by atoms with E-state index in [0.29, 0.717) is 11.8 Å². The van der Waals surface area contributed by atoms with Crippen LogP contribution < -0.4 is 0 Å². The topological polar surface area (TPSA) is 94.8 Å². The molecular weight excluding hydrogens is 320 g/mol. The third kappa shape index (κ3) is 3.87. The van der Waals surface area contributed by atoms with Gasteiger partial charge in [-0.2, -0.15) is 0 Å². The molecule has 2 aliphatic rings. The highest BCUT2D eigenvalue weighted by atomic mass is 16.4. The Hall–Kier alpha value is -1.88. The van der Waals surface area contributed by atoms with E-state index in [0.717, 1.165) is 12.8 Å². The highest BCUT2D eigenvalue weighted by Crippen LogP contribution is 2.60. The summed E-state index contributed by atoms with van der Waals surface area (Å²) in [5, 5.41) is 25.9. The summed E-state index contributed by atoms with van der Waals surface area (Å²) < 4.78 is 0. The zero-order valence-electron chi connectivity index (χ0n) is 15.2. The molecule has 0 aliphatic heterocycles. The molecule has 3 rings (SSSR count). The Balaban J connectivity index is 0.000000326. The van der Waals surface area contributed by atoms with Crippen molar-refractivity contribution in [3.05, 3.63) is 35.4 Å². The Morgan fingerprint density at radius 1 is 1.12 bits per heavy atom. The maximum absolute atomic E-state index is 11.1. The first-order valence-electron chi connectivity index (χ1n) is 8.84. The van der Waals surface area contributed by atoms with Crippen LogP contribution in [0, 0.1) is 18.3 Å². The fourth-order valence-electron chi connectivity index (χ4n) is 4.52. The van der Waals surface area contributed by atoms with Gasteiger partial charge in [-0.25, -0.2) is 9.59 Å². The number of carboxylic acid groups (broad SMARTS) is 2. The summed E-state index contributed by atoms with van der Waals surface area (Å²) in [6.45, 7) is 6.80. The second-order valence-corrected chi connectivity index (χ2v) is 7.85. The first-order chi connectivity index (χ1) is 11.6. The molecule has 138 valence electrons. The highest BCUT2D eigenvalue weighted by Gasteiger charge is 2.57. The lowest BCUT2D eigenvalue weighted by Crippen LogP contribution is -2.48. The summed E-state index contributed by atoms with van der Waals surface area (Å²) in [5.74, 6) is -2.44. The molecule has 2 aliphatic carbocycles. The number of carbonyl (C=O) groups is 2. The SMILES string of the molecule is Cc1cccc(C2CCC3(C)C(C)CCC3(O)C2)c1.O=C(O)C(=O)O. The normalized spacial score (nSPS) is 33.8. The van der Waals surface area contributed by atoms with E-state index in [1.807, 2.05) is 0 Å². The van der Waals surface area contributed by atoms with E-state index in [2.05, 4.69) is 45.0 Å². The summed E-state index contributed by atoms with van der Waals surface area (Å²) in [4.78, 5) is 18.2. The van der Waals surface area contributed by atoms with Gasteiger partial charge in [0.25, 0.3) is 0 Å². The van der Waals surface area contributed by atoms with Gasteiger partial charge in [0.2, 0.25) is 0 Å². The molecule has 0 spiro atoms. The van der Waals surface area contributed by atoms with E-state index in [1.54, 1.807) is 0 Å². The van der Waals surface area contributed by atoms with E-state index < -0.39 is 17.5 Å². The van der Waals surface area contributed by atoms with Crippen LogP contribution in [0.4, 0.5) is 0 Å². The molecule has 0 aromatic heterocycles. The first-order valence-corrected chi connectivity index (χ1v) is 8.84. The number of fused-ring (bicyclic) bond motifs is 1. The molecule has 25 heavy (non-hydrogen) atoms. The van der Waals surface area contributed by atoms with Gasteiger partial charge >= 0.3 is 11.9 Å². The summed E-state index contributed by atoms with van der Waals surface area (Å²) in [7, 11) is 0. The van der Waals surface area contributed by atoms with Crippen molar-refractivity contribution in [1.29, 1.82) is 0 Å². The molecule has 0 bridgehead atoms. The highest BCUT2D eigenvalue weighted by molar-refractivity contribution is 6.27. The second kappa shape index (κ2) is 7.16. The quantitative estimate of drug-likeness (QED) is 0.674. The predicted octanol–water partition coefficient (Wildman–Crippen LogP) is 3.59. The van der Waals surface area contributed by atoms with Crippen molar-refractivity contribution in [1.82, 2.24) is 0 Å². The molecule has 5 nitrogen and oxygen atoms in total. The van der Waals surface area contributed by atoms with Gasteiger partial charge in [0.15, 0.2) is 0 Å². The minimum Gasteiger partial charge on any atom is -0.473 e. The first kappa shape index (κ1) is 19.4. The number of rotatable bonds is 1. The molecule has 0 saturated heterocycles. The molecule has 3 N–H and O–H groups in total. The third-order valence-electron chi connectivity index (χ3n) is 6.43. The van der Waals surface area contributed by atoms with E-state index in [1.165, 1.54) is 30.4 Å². The van der Waals surface area contributed by atoms with Crippen molar-refractivity contribution in [2.75, 3.05) is 0 Å².